The zero-order chi connectivity index (χ0) is 14.9. The number of hydrogen-bond acceptors (Lipinski definition) is 2. The van der Waals surface area contributed by atoms with Gasteiger partial charge in [0.15, 0.2) is 0 Å². The lowest BCUT2D eigenvalue weighted by atomic mass is 10.0. The van der Waals surface area contributed by atoms with Gasteiger partial charge >= 0.3 is 0 Å². The molecule has 0 radical (unpaired) electrons. The minimum Gasteiger partial charge on any atom is -0.339 e. The van der Waals surface area contributed by atoms with Crippen LogP contribution in [0.3, 0.4) is 0 Å². The summed E-state index contributed by atoms with van der Waals surface area (Å²) < 4.78 is 27.0. The molecule has 1 saturated carbocycles. The summed E-state index contributed by atoms with van der Waals surface area (Å²) in [4.78, 5) is 13.8. The molecule has 3 nitrogen and oxygen atoms in total. The zero-order valence-corrected chi connectivity index (χ0v) is 11.8. The Balaban J connectivity index is 2.13. The SMILES string of the molecule is C[C@H](c1cc(F)ccc1F)N(C)C(=O)[C@H]1CC[C@@H](N)C1. The van der Waals surface area contributed by atoms with Crippen LogP contribution in [-0.2, 0) is 4.79 Å². The first-order chi connectivity index (χ1) is 9.40. The molecule has 20 heavy (non-hydrogen) atoms. The van der Waals surface area contributed by atoms with Crippen molar-refractivity contribution in [1.82, 2.24) is 4.90 Å². The lowest BCUT2D eigenvalue weighted by Gasteiger charge is -2.28. The molecule has 1 aliphatic rings. The number of amides is 1. The molecule has 0 heterocycles. The average molecular weight is 282 g/mol. The number of nitrogens with zero attached hydrogens (tertiary/aromatic N) is 1. The summed E-state index contributed by atoms with van der Waals surface area (Å²) in [6.45, 7) is 1.70. The van der Waals surface area contributed by atoms with Gasteiger partial charge < -0.3 is 10.6 Å². The number of halogens is 2. The normalized spacial score (nSPS) is 23.6. The predicted molar refractivity (Wildman–Crippen MR) is 72.9 cm³/mol. The van der Waals surface area contributed by atoms with Crippen molar-refractivity contribution in [1.29, 1.82) is 0 Å². The van der Waals surface area contributed by atoms with Crippen molar-refractivity contribution in [2.75, 3.05) is 7.05 Å². The summed E-state index contributed by atoms with van der Waals surface area (Å²) in [7, 11) is 1.63. The van der Waals surface area contributed by atoms with Crippen molar-refractivity contribution >= 4 is 5.91 Å². The minimum atomic E-state index is -0.505. The number of hydrogen-bond donors (Lipinski definition) is 1. The molecule has 110 valence electrons. The van der Waals surface area contributed by atoms with Crippen LogP contribution in [0.1, 0.15) is 37.8 Å². The maximum Gasteiger partial charge on any atom is 0.225 e. The van der Waals surface area contributed by atoms with E-state index in [9.17, 15) is 13.6 Å². The highest BCUT2D eigenvalue weighted by Crippen LogP contribution is 2.30. The van der Waals surface area contributed by atoms with Crippen molar-refractivity contribution in [2.24, 2.45) is 11.7 Å². The molecule has 3 atom stereocenters. The van der Waals surface area contributed by atoms with Crippen molar-refractivity contribution < 1.29 is 13.6 Å². The van der Waals surface area contributed by atoms with E-state index in [1.807, 2.05) is 0 Å². The molecule has 1 aromatic rings. The average Bonchev–Trinajstić information content (AvgIpc) is 2.85. The first-order valence-corrected chi connectivity index (χ1v) is 6.87. The molecule has 1 fully saturated rings. The highest BCUT2D eigenvalue weighted by molar-refractivity contribution is 5.79. The fourth-order valence-corrected chi connectivity index (χ4v) is 2.76. The molecule has 0 unspecified atom stereocenters. The summed E-state index contributed by atoms with van der Waals surface area (Å²) in [5, 5.41) is 0. The van der Waals surface area contributed by atoms with Crippen molar-refractivity contribution in [2.45, 2.75) is 38.3 Å². The molecule has 0 aromatic heterocycles. The summed E-state index contributed by atoms with van der Waals surface area (Å²) in [6, 6.07) is 2.87. The van der Waals surface area contributed by atoms with E-state index in [0.717, 1.165) is 31.0 Å². The van der Waals surface area contributed by atoms with Gasteiger partial charge in [0.1, 0.15) is 11.6 Å². The highest BCUT2D eigenvalue weighted by Gasteiger charge is 2.32. The molecular formula is C15H20F2N2O. The van der Waals surface area contributed by atoms with E-state index in [-0.39, 0.29) is 23.4 Å². The molecule has 2 rings (SSSR count). The first kappa shape index (κ1) is 14.9. The van der Waals surface area contributed by atoms with E-state index in [2.05, 4.69) is 0 Å². The molecule has 1 aliphatic carbocycles. The largest absolute Gasteiger partial charge is 0.339 e. The fourth-order valence-electron chi connectivity index (χ4n) is 2.76. The number of nitrogens with two attached hydrogens (primary N) is 1. The van der Waals surface area contributed by atoms with Crippen LogP contribution in [0.25, 0.3) is 0 Å². The lowest BCUT2D eigenvalue weighted by Crippen LogP contribution is -2.35. The molecule has 0 spiro atoms. The second-order valence-corrected chi connectivity index (χ2v) is 5.56. The van der Waals surface area contributed by atoms with Crippen LogP contribution < -0.4 is 5.73 Å². The van der Waals surface area contributed by atoms with Gasteiger partial charge in [0.2, 0.25) is 5.91 Å². The van der Waals surface area contributed by atoms with E-state index in [1.165, 1.54) is 4.90 Å². The van der Waals surface area contributed by atoms with Crippen molar-refractivity contribution in [3.63, 3.8) is 0 Å². The number of carbonyl (C=O) groups excluding carboxylic acids is 1. The van der Waals surface area contributed by atoms with Crippen molar-refractivity contribution in [3.8, 4) is 0 Å². The third-order valence-corrected chi connectivity index (χ3v) is 4.16. The second kappa shape index (κ2) is 5.87. The van der Waals surface area contributed by atoms with Gasteiger partial charge in [-0.25, -0.2) is 8.78 Å². The van der Waals surface area contributed by atoms with Gasteiger partial charge in [-0.2, -0.15) is 0 Å². The van der Waals surface area contributed by atoms with Gasteiger partial charge in [-0.05, 0) is 44.4 Å². The van der Waals surface area contributed by atoms with Gasteiger partial charge in [-0.3, -0.25) is 4.79 Å². The Morgan fingerprint density at radius 2 is 2.10 bits per heavy atom. The van der Waals surface area contributed by atoms with Crippen LogP contribution in [0.2, 0.25) is 0 Å². The Bertz CT molecular complexity index is 507. The van der Waals surface area contributed by atoms with E-state index >= 15 is 0 Å². The van der Waals surface area contributed by atoms with Crippen molar-refractivity contribution in [3.05, 3.63) is 35.4 Å². The highest BCUT2D eigenvalue weighted by atomic mass is 19.1. The van der Waals surface area contributed by atoms with Gasteiger partial charge in [0.05, 0.1) is 6.04 Å². The maximum atomic E-state index is 13.8. The Labute approximate surface area is 117 Å². The van der Waals surface area contributed by atoms with E-state index < -0.39 is 17.7 Å². The van der Waals surface area contributed by atoms with E-state index in [1.54, 1.807) is 14.0 Å². The molecule has 0 aliphatic heterocycles. The quantitative estimate of drug-likeness (QED) is 0.926. The zero-order valence-electron chi connectivity index (χ0n) is 11.8. The first-order valence-electron chi connectivity index (χ1n) is 6.87. The Kier molecular flexibility index (Phi) is 4.38. The smallest absolute Gasteiger partial charge is 0.225 e. The van der Waals surface area contributed by atoms with Gasteiger partial charge in [0, 0.05) is 24.6 Å². The molecule has 1 aromatic carbocycles. The second-order valence-electron chi connectivity index (χ2n) is 5.56. The van der Waals surface area contributed by atoms with Gasteiger partial charge in [0.25, 0.3) is 0 Å². The van der Waals surface area contributed by atoms with Gasteiger partial charge in [-0.15, -0.1) is 0 Å². The molecule has 2 N–H and O–H groups in total. The third-order valence-electron chi connectivity index (χ3n) is 4.16. The topological polar surface area (TPSA) is 46.3 Å². The van der Waals surface area contributed by atoms with Crippen LogP contribution in [0, 0.1) is 17.6 Å². The Hall–Kier alpha value is -1.49. The van der Waals surface area contributed by atoms with Crippen LogP contribution in [-0.4, -0.2) is 23.9 Å². The van der Waals surface area contributed by atoms with Crippen LogP contribution >= 0.6 is 0 Å². The summed E-state index contributed by atoms with van der Waals surface area (Å²) in [6.07, 6.45) is 2.27. The van der Waals surface area contributed by atoms with Crippen LogP contribution in [0.15, 0.2) is 18.2 Å². The molecular weight excluding hydrogens is 262 g/mol. The van der Waals surface area contributed by atoms with Gasteiger partial charge in [-0.1, -0.05) is 0 Å². The van der Waals surface area contributed by atoms with E-state index in [0.29, 0.717) is 6.42 Å². The fraction of sp³-hybridized carbons (Fsp3) is 0.533. The Morgan fingerprint density at radius 1 is 1.40 bits per heavy atom. The van der Waals surface area contributed by atoms with Crippen LogP contribution in [0.4, 0.5) is 8.78 Å². The number of rotatable bonds is 3. The molecule has 0 bridgehead atoms. The molecule has 0 saturated heterocycles. The third kappa shape index (κ3) is 2.98. The Morgan fingerprint density at radius 3 is 2.70 bits per heavy atom. The summed E-state index contributed by atoms with van der Waals surface area (Å²) in [5.74, 6) is -1.15. The predicted octanol–water partition coefficient (Wildman–Crippen LogP) is 2.61. The lowest BCUT2D eigenvalue weighted by molar-refractivity contribution is -0.136. The monoisotopic (exact) mass is 282 g/mol. The standard InChI is InChI=1S/C15H20F2N2O/c1-9(13-8-11(16)4-6-14(13)17)19(2)15(20)10-3-5-12(18)7-10/h4,6,8-10,12H,3,5,7,18H2,1-2H3/t9-,10+,12-/m1/s1. The molecule has 1 amide bonds. The molecule has 5 heteroatoms. The number of benzene rings is 1. The summed E-state index contributed by atoms with van der Waals surface area (Å²) >= 11 is 0. The summed E-state index contributed by atoms with van der Waals surface area (Å²) in [5.41, 5.74) is 6.01. The van der Waals surface area contributed by atoms with Crippen LogP contribution in [0.5, 0.6) is 0 Å². The number of carbonyl (C=O) groups is 1. The maximum absolute atomic E-state index is 13.8. The van der Waals surface area contributed by atoms with E-state index in [4.69, 9.17) is 5.73 Å². The minimum absolute atomic E-state index is 0.0471.